The van der Waals surface area contributed by atoms with Gasteiger partial charge in [0.25, 0.3) is 11.6 Å². The van der Waals surface area contributed by atoms with Gasteiger partial charge in [0.2, 0.25) is 0 Å². The highest BCUT2D eigenvalue weighted by molar-refractivity contribution is 6.35. The zero-order chi connectivity index (χ0) is 28.5. The molecule has 204 valence electrons. The number of carbonyl (C=O) groups excluding carboxylic acids is 1. The Kier molecular flexibility index (Phi) is 9.56. The lowest BCUT2D eigenvalue weighted by Gasteiger charge is -2.12. The topological polar surface area (TPSA) is 112 Å². The van der Waals surface area contributed by atoms with Crippen molar-refractivity contribution in [3.8, 4) is 17.2 Å². The van der Waals surface area contributed by atoms with Crippen LogP contribution in [0.15, 0.2) is 90.0 Å². The summed E-state index contributed by atoms with van der Waals surface area (Å²) >= 11 is 12.2. The fourth-order valence-corrected chi connectivity index (χ4v) is 4.02. The standard InChI is InChI=1S/C29H23Cl2N3O6/c1-38-28-14-20(8-13-27(28)39-17-19-6-11-23(12-7-19)34(36)37)16-32-33-29(35)24-4-2-3-5-26(24)40-18-21-9-10-22(30)15-25(21)31/h2-16H,17-18H2,1H3,(H,33,35)/b32-16+. The second-order valence-corrected chi connectivity index (χ2v) is 9.19. The number of carbonyl (C=O) groups is 1. The Hall–Kier alpha value is -4.60. The maximum Gasteiger partial charge on any atom is 0.275 e. The Morgan fingerprint density at radius 1 is 0.925 bits per heavy atom. The van der Waals surface area contributed by atoms with E-state index in [4.69, 9.17) is 37.4 Å². The molecule has 4 aromatic carbocycles. The van der Waals surface area contributed by atoms with Gasteiger partial charge in [-0.15, -0.1) is 0 Å². The van der Waals surface area contributed by atoms with Crippen LogP contribution in [0.4, 0.5) is 5.69 Å². The van der Waals surface area contributed by atoms with Crippen molar-refractivity contribution in [2.75, 3.05) is 7.11 Å². The SMILES string of the molecule is COc1cc(/C=N/NC(=O)c2ccccc2OCc2ccc(Cl)cc2Cl)ccc1OCc1ccc([N+](=O)[O-])cc1. The molecule has 0 aliphatic heterocycles. The molecule has 0 saturated carbocycles. The molecular formula is C29H23Cl2N3O6. The Balaban J connectivity index is 1.36. The highest BCUT2D eigenvalue weighted by Gasteiger charge is 2.13. The predicted molar refractivity (Wildman–Crippen MR) is 153 cm³/mol. The summed E-state index contributed by atoms with van der Waals surface area (Å²) in [6.07, 6.45) is 1.47. The quantitative estimate of drug-likeness (QED) is 0.118. The summed E-state index contributed by atoms with van der Waals surface area (Å²) in [4.78, 5) is 23.2. The number of hydrogen-bond acceptors (Lipinski definition) is 7. The summed E-state index contributed by atoms with van der Waals surface area (Å²) in [6.45, 7) is 0.353. The van der Waals surface area contributed by atoms with Gasteiger partial charge in [-0.25, -0.2) is 5.43 Å². The van der Waals surface area contributed by atoms with Crippen molar-refractivity contribution in [3.63, 3.8) is 0 Å². The summed E-state index contributed by atoms with van der Waals surface area (Å²) in [6, 6.07) is 23.2. The van der Waals surface area contributed by atoms with Crippen LogP contribution in [0.5, 0.6) is 17.2 Å². The van der Waals surface area contributed by atoms with Crippen LogP contribution >= 0.6 is 23.2 Å². The second kappa shape index (κ2) is 13.5. The first-order valence-corrected chi connectivity index (χ1v) is 12.6. The first-order valence-electron chi connectivity index (χ1n) is 11.9. The zero-order valence-electron chi connectivity index (χ0n) is 21.2. The van der Waals surface area contributed by atoms with Crippen molar-refractivity contribution in [2.24, 2.45) is 5.10 Å². The van der Waals surface area contributed by atoms with Crippen LogP contribution in [0.1, 0.15) is 27.0 Å². The van der Waals surface area contributed by atoms with E-state index in [1.54, 1.807) is 72.8 Å². The number of methoxy groups -OCH3 is 1. The van der Waals surface area contributed by atoms with Crippen molar-refractivity contribution in [1.82, 2.24) is 5.43 Å². The van der Waals surface area contributed by atoms with Crippen molar-refractivity contribution in [2.45, 2.75) is 13.2 Å². The van der Waals surface area contributed by atoms with Crippen LogP contribution in [-0.2, 0) is 13.2 Å². The Labute approximate surface area is 240 Å². The van der Waals surface area contributed by atoms with E-state index in [9.17, 15) is 14.9 Å². The summed E-state index contributed by atoms with van der Waals surface area (Å²) in [5, 5.41) is 15.9. The van der Waals surface area contributed by atoms with E-state index >= 15 is 0 Å². The van der Waals surface area contributed by atoms with Crippen molar-refractivity contribution >= 4 is 41.0 Å². The maximum absolute atomic E-state index is 12.8. The molecule has 4 rings (SSSR count). The largest absolute Gasteiger partial charge is 0.493 e. The monoisotopic (exact) mass is 579 g/mol. The molecule has 0 heterocycles. The summed E-state index contributed by atoms with van der Waals surface area (Å²) in [5.74, 6) is 0.854. The number of nitro groups is 1. The van der Waals surface area contributed by atoms with E-state index < -0.39 is 10.8 Å². The predicted octanol–water partition coefficient (Wildman–Crippen LogP) is 6.83. The summed E-state index contributed by atoms with van der Waals surface area (Å²) in [5.41, 5.74) is 4.97. The van der Waals surface area contributed by atoms with Crippen LogP contribution in [0.3, 0.4) is 0 Å². The van der Waals surface area contributed by atoms with Gasteiger partial charge >= 0.3 is 0 Å². The molecule has 9 nitrogen and oxygen atoms in total. The van der Waals surface area contributed by atoms with Crippen LogP contribution in [0, 0.1) is 10.1 Å². The molecule has 0 saturated heterocycles. The number of para-hydroxylation sites is 1. The van der Waals surface area contributed by atoms with E-state index in [1.807, 2.05) is 0 Å². The Morgan fingerprint density at radius 2 is 1.68 bits per heavy atom. The van der Waals surface area contributed by atoms with Gasteiger partial charge in [-0.05, 0) is 65.7 Å². The lowest BCUT2D eigenvalue weighted by atomic mass is 10.2. The smallest absolute Gasteiger partial charge is 0.275 e. The molecule has 4 aromatic rings. The van der Waals surface area contributed by atoms with Crippen LogP contribution in [-0.4, -0.2) is 24.2 Å². The fraction of sp³-hybridized carbons (Fsp3) is 0.103. The molecule has 40 heavy (non-hydrogen) atoms. The van der Waals surface area contributed by atoms with E-state index in [-0.39, 0.29) is 18.9 Å². The Morgan fingerprint density at radius 3 is 2.40 bits per heavy atom. The third-order valence-corrected chi connectivity index (χ3v) is 6.23. The molecule has 0 radical (unpaired) electrons. The number of nitrogens with zero attached hydrogens (tertiary/aromatic N) is 2. The minimum absolute atomic E-state index is 0.0101. The first-order chi connectivity index (χ1) is 19.3. The summed E-state index contributed by atoms with van der Waals surface area (Å²) < 4.78 is 17.1. The lowest BCUT2D eigenvalue weighted by Crippen LogP contribution is -2.18. The third-order valence-electron chi connectivity index (χ3n) is 5.64. The summed E-state index contributed by atoms with van der Waals surface area (Å²) in [7, 11) is 1.50. The normalized spacial score (nSPS) is 10.8. The number of amides is 1. The van der Waals surface area contributed by atoms with Gasteiger partial charge < -0.3 is 14.2 Å². The highest BCUT2D eigenvalue weighted by atomic mass is 35.5. The number of rotatable bonds is 11. The van der Waals surface area contributed by atoms with Crippen LogP contribution < -0.4 is 19.6 Å². The highest BCUT2D eigenvalue weighted by Crippen LogP contribution is 2.29. The molecule has 0 spiro atoms. The molecule has 1 N–H and O–H groups in total. The fourth-order valence-electron chi connectivity index (χ4n) is 3.56. The molecule has 0 atom stereocenters. The number of ether oxygens (including phenoxy) is 3. The molecule has 0 aliphatic carbocycles. The molecule has 1 amide bonds. The minimum Gasteiger partial charge on any atom is -0.493 e. The van der Waals surface area contributed by atoms with Gasteiger partial charge in [-0.1, -0.05) is 41.4 Å². The average molecular weight is 580 g/mol. The number of nitrogens with one attached hydrogen (secondary N) is 1. The maximum atomic E-state index is 12.8. The van der Waals surface area contributed by atoms with Crippen LogP contribution in [0.2, 0.25) is 10.0 Å². The number of benzene rings is 4. The van der Waals surface area contributed by atoms with Crippen molar-refractivity contribution < 1.29 is 23.9 Å². The van der Waals surface area contributed by atoms with Crippen molar-refractivity contribution in [1.29, 1.82) is 0 Å². The molecule has 0 bridgehead atoms. The van der Waals surface area contributed by atoms with E-state index in [1.165, 1.54) is 25.5 Å². The van der Waals surface area contributed by atoms with Gasteiger partial charge in [0.1, 0.15) is 19.0 Å². The minimum atomic E-state index is -0.456. The van der Waals surface area contributed by atoms with Gasteiger partial charge in [-0.3, -0.25) is 14.9 Å². The van der Waals surface area contributed by atoms with Crippen molar-refractivity contribution in [3.05, 3.63) is 127 Å². The van der Waals surface area contributed by atoms with E-state index in [2.05, 4.69) is 10.5 Å². The molecule has 0 unspecified atom stereocenters. The second-order valence-electron chi connectivity index (χ2n) is 8.34. The third kappa shape index (κ3) is 7.49. The molecule has 11 heteroatoms. The molecule has 0 fully saturated rings. The number of nitro benzene ring substituents is 1. The lowest BCUT2D eigenvalue weighted by molar-refractivity contribution is -0.384. The van der Waals surface area contributed by atoms with Gasteiger partial charge in [0, 0.05) is 27.7 Å². The number of non-ortho nitro benzene ring substituents is 1. The molecule has 0 aromatic heterocycles. The van der Waals surface area contributed by atoms with E-state index in [0.29, 0.717) is 38.4 Å². The number of hydrazone groups is 1. The van der Waals surface area contributed by atoms with Crippen LogP contribution in [0.25, 0.3) is 0 Å². The van der Waals surface area contributed by atoms with Gasteiger partial charge in [-0.2, -0.15) is 5.10 Å². The van der Waals surface area contributed by atoms with E-state index in [0.717, 1.165) is 11.1 Å². The molecule has 0 aliphatic rings. The average Bonchev–Trinajstić information content (AvgIpc) is 2.96. The van der Waals surface area contributed by atoms with Gasteiger partial charge in [0.15, 0.2) is 11.5 Å². The zero-order valence-corrected chi connectivity index (χ0v) is 22.7. The first kappa shape index (κ1) is 28.4. The number of halogens is 2. The molecular weight excluding hydrogens is 557 g/mol. The van der Waals surface area contributed by atoms with Gasteiger partial charge in [0.05, 0.1) is 23.8 Å². The number of hydrogen-bond donors (Lipinski definition) is 1. The Bertz CT molecular complexity index is 1540.